The quantitative estimate of drug-likeness (QED) is 0.842. The summed E-state index contributed by atoms with van der Waals surface area (Å²) in [5.41, 5.74) is 3.98. The molecule has 4 heteroatoms. The number of halogens is 1. The van der Waals surface area contributed by atoms with Crippen molar-refractivity contribution in [3.05, 3.63) is 65.0 Å². The second kappa shape index (κ2) is 6.06. The van der Waals surface area contributed by atoms with Crippen LogP contribution in [0.3, 0.4) is 0 Å². The van der Waals surface area contributed by atoms with Crippen molar-refractivity contribution in [1.82, 2.24) is 0 Å². The van der Waals surface area contributed by atoms with E-state index in [2.05, 4.69) is 5.71 Å². The summed E-state index contributed by atoms with van der Waals surface area (Å²) in [6.45, 7) is 1.99. The van der Waals surface area contributed by atoms with Gasteiger partial charge in [0.2, 0.25) is 0 Å². The molecule has 1 aliphatic rings. The van der Waals surface area contributed by atoms with Crippen LogP contribution in [-0.4, -0.2) is 26.5 Å². The number of aliphatic hydroxyl groups is 1. The molecule has 0 aliphatic heterocycles. The number of benzene rings is 2. The van der Waals surface area contributed by atoms with E-state index in [9.17, 15) is 9.50 Å². The number of hydrogen-bond donors (Lipinski definition) is 1. The van der Waals surface area contributed by atoms with E-state index in [0.29, 0.717) is 6.42 Å². The number of fused-ring (bicyclic) bond motifs is 1. The van der Waals surface area contributed by atoms with Gasteiger partial charge >= 0.3 is 137 Å². The van der Waals surface area contributed by atoms with Gasteiger partial charge in [-0.2, -0.15) is 0 Å². The molecule has 0 amide bonds. The molecule has 0 saturated heterocycles. The van der Waals surface area contributed by atoms with Crippen molar-refractivity contribution >= 4 is 15.8 Å². The number of hydrogen-bond acceptors (Lipinski definition) is 2. The van der Waals surface area contributed by atoms with Crippen LogP contribution >= 0.6 is 0 Å². The van der Waals surface area contributed by atoms with Crippen molar-refractivity contribution in [3.63, 3.8) is 0 Å². The Morgan fingerprint density at radius 1 is 1.32 bits per heavy atom. The SMILES string of the molecule is C[As]CC1(O)Cc2cc(F)ccc2C1Oc1ccccc1C. The van der Waals surface area contributed by atoms with Crippen LogP contribution in [0.25, 0.3) is 0 Å². The fourth-order valence-corrected chi connectivity index (χ4v) is 4.83. The molecule has 2 aromatic rings. The molecule has 0 saturated carbocycles. The molecule has 22 heavy (non-hydrogen) atoms. The molecular weight excluding hydrogens is 342 g/mol. The van der Waals surface area contributed by atoms with Gasteiger partial charge in [-0.1, -0.05) is 0 Å². The molecule has 2 atom stereocenters. The van der Waals surface area contributed by atoms with Crippen molar-refractivity contribution < 1.29 is 14.2 Å². The monoisotopic (exact) mass is 361 g/mol. The maximum absolute atomic E-state index is 13.5. The molecule has 0 fully saturated rings. The summed E-state index contributed by atoms with van der Waals surface area (Å²) in [7, 11) is 0. The Balaban J connectivity index is 2.00. The molecule has 2 aromatic carbocycles. The van der Waals surface area contributed by atoms with Crippen LogP contribution in [0, 0.1) is 12.7 Å². The molecule has 0 heterocycles. The third-order valence-corrected chi connectivity index (χ3v) is 5.95. The normalized spacial score (nSPS) is 23.9. The second-order valence-electron chi connectivity index (χ2n) is 5.86. The molecule has 0 bridgehead atoms. The summed E-state index contributed by atoms with van der Waals surface area (Å²) in [5.74, 6) is 0.512. The Bertz CT molecular complexity index is 689. The Morgan fingerprint density at radius 3 is 2.82 bits per heavy atom. The van der Waals surface area contributed by atoms with Gasteiger partial charge in [-0.3, -0.25) is 0 Å². The van der Waals surface area contributed by atoms with Crippen molar-refractivity contribution in [2.24, 2.45) is 0 Å². The van der Waals surface area contributed by atoms with Gasteiger partial charge in [0, 0.05) is 0 Å². The van der Waals surface area contributed by atoms with E-state index in [1.54, 1.807) is 6.07 Å². The summed E-state index contributed by atoms with van der Waals surface area (Å²) in [6, 6.07) is 12.5. The number of aryl methyl sites for hydroxylation is 1. The van der Waals surface area contributed by atoms with E-state index in [1.807, 2.05) is 31.2 Å². The first kappa shape index (κ1) is 15.6. The van der Waals surface area contributed by atoms with E-state index < -0.39 is 11.7 Å². The van der Waals surface area contributed by atoms with E-state index in [0.717, 1.165) is 27.6 Å². The maximum atomic E-state index is 13.5. The van der Waals surface area contributed by atoms with Crippen molar-refractivity contribution in [3.8, 4) is 5.75 Å². The number of rotatable bonds is 4. The van der Waals surface area contributed by atoms with Crippen LogP contribution in [0.5, 0.6) is 5.75 Å². The van der Waals surface area contributed by atoms with Gasteiger partial charge < -0.3 is 0 Å². The van der Waals surface area contributed by atoms with Gasteiger partial charge in [0.25, 0.3) is 0 Å². The topological polar surface area (TPSA) is 29.5 Å². The Morgan fingerprint density at radius 2 is 2.09 bits per heavy atom. The molecule has 3 rings (SSSR count). The predicted octanol–water partition coefficient (Wildman–Crippen LogP) is 3.71. The molecule has 0 aromatic heterocycles. The molecule has 1 N–H and O–H groups in total. The van der Waals surface area contributed by atoms with Crippen LogP contribution in [-0.2, 0) is 6.42 Å². The average Bonchev–Trinajstić information content (AvgIpc) is 2.73. The fourth-order valence-electron chi connectivity index (χ4n) is 3.10. The van der Waals surface area contributed by atoms with E-state index in [1.165, 1.54) is 12.1 Å². The summed E-state index contributed by atoms with van der Waals surface area (Å²) >= 11 is 0.0384. The van der Waals surface area contributed by atoms with Crippen LogP contribution in [0.15, 0.2) is 42.5 Å². The Kier molecular flexibility index (Phi) is 4.29. The predicted molar refractivity (Wildman–Crippen MR) is 86.0 cm³/mol. The fraction of sp³-hybridized carbons (Fsp3) is 0.333. The molecular formula is C18H19AsFO2. The number of para-hydroxylation sites is 1. The van der Waals surface area contributed by atoms with Crippen LogP contribution in [0.2, 0.25) is 10.9 Å². The van der Waals surface area contributed by atoms with Crippen LogP contribution in [0.1, 0.15) is 22.8 Å². The third kappa shape index (κ3) is 2.80. The van der Waals surface area contributed by atoms with Gasteiger partial charge in [0.15, 0.2) is 0 Å². The molecule has 2 unspecified atom stereocenters. The molecule has 1 radical (unpaired) electrons. The zero-order chi connectivity index (χ0) is 15.7. The zero-order valence-electron chi connectivity index (χ0n) is 12.7. The summed E-state index contributed by atoms with van der Waals surface area (Å²) in [4.78, 5) is 0. The Hall–Kier alpha value is -1.31. The molecule has 1 aliphatic carbocycles. The summed E-state index contributed by atoms with van der Waals surface area (Å²) in [5, 5.41) is 11.8. The first-order valence-electron chi connectivity index (χ1n) is 7.32. The minimum atomic E-state index is -0.937. The molecule has 0 spiro atoms. The van der Waals surface area contributed by atoms with E-state index in [4.69, 9.17) is 4.74 Å². The van der Waals surface area contributed by atoms with E-state index >= 15 is 0 Å². The minimum absolute atomic E-state index is 0.0384. The van der Waals surface area contributed by atoms with Crippen molar-refractivity contribution in [1.29, 1.82) is 0 Å². The first-order valence-corrected chi connectivity index (χ1v) is 10.5. The Labute approximate surface area is 137 Å². The molecule has 115 valence electrons. The van der Waals surface area contributed by atoms with Gasteiger partial charge in [0.1, 0.15) is 0 Å². The van der Waals surface area contributed by atoms with Gasteiger partial charge in [0.05, 0.1) is 0 Å². The summed E-state index contributed by atoms with van der Waals surface area (Å²) < 4.78 is 19.7. The first-order chi connectivity index (χ1) is 10.5. The van der Waals surface area contributed by atoms with Crippen LogP contribution in [0.4, 0.5) is 4.39 Å². The summed E-state index contributed by atoms with van der Waals surface area (Å²) in [6.07, 6.45) is 0.0274. The third-order valence-electron chi connectivity index (χ3n) is 4.14. The van der Waals surface area contributed by atoms with Crippen molar-refractivity contribution in [2.45, 2.75) is 36.0 Å². The van der Waals surface area contributed by atoms with E-state index in [-0.39, 0.29) is 21.6 Å². The zero-order valence-corrected chi connectivity index (χ0v) is 14.6. The van der Waals surface area contributed by atoms with Gasteiger partial charge in [-0.25, -0.2) is 0 Å². The van der Waals surface area contributed by atoms with Crippen molar-refractivity contribution in [2.75, 3.05) is 0 Å². The second-order valence-corrected chi connectivity index (χ2v) is 7.85. The number of ether oxygens (including phenoxy) is 1. The standard InChI is InChI=1S/C18H19AsFO2/c1-12-5-3-4-6-16(12)22-17-15-8-7-14(20)9-13(15)10-18(17,21)11-19-2/h3-9,17,21H,10-11H2,1-2H3. The average molecular weight is 361 g/mol. The van der Waals surface area contributed by atoms with Gasteiger partial charge in [-0.15, -0.1) is 0 Å². The van der Waals surface area contributed by atoms with Crippen LogP contribution < -0.4 is 4.74 Å². The van der Waals surface area contributed by atoms with Gasteiger partial charge in [-0.05, 0) is 0 Å². The molecule has 2 nitrogen and oxygen atoms in total.